The normalized spacial score (nSPS) is 16.0. The van der Waals surface area contributed by atoms with Crippen LogP contribution in [0.1, 0.15) is 50.2 Å². The molecular formula is C13H18N4S2. The van der Waals surface area contributed by atoms with Gasteiger partial charge in [-0.2, -0.15) is 5.10 Å². The standard InChI is InChI=1S/C13H18N4S2/c1-13(2,3)11-14-8(7-5-6-7)9(19-11)10-15-16-12(18)17(10)4/h7H,5-6H2,1-4H3,(H,16,18). The first-order chi connectivity index (χ1) is 8.88. The van der Waals surface area contributed by atoms with E-state index in [0.29, 0.717) is 10.7 Å². The Hall–Kier alpha value is -1.01. The molecule has 0 atom stereocenters. The Labute approximate surface area is 121 Å². The third-order valence-corrected chi connectivity index (χ3v) is 5.20. The van der Waals surface area contributed by atoms with Crippen LogP contribution in [0.15, 0.2) is 0 Å². The smallest absolute Gasteiger partial charge is 0.195 e. The van der Waals surface area contributed by atoms with Gasteiger partial charge >= 0.3 is 0 Å². The van der Waals surface area contributed by atoms with Gasteiger partial charge in [0.2, 0.25) is 0 Å². The summed E-state index contributed by atoms with van der Waals surface area (Å²) in [6.45, 7) is 6.61. The molecule has 1 aliphatic carbocycles. The van der Waals surface area contributed by atoms with Crippen molar-refractivity contribution in [2.24, 2.45) is 7.05 Å². The van der Waals surface area contributed by atoms with Crippen LogP contribution >= 0.6 is 23.6 Å². The molecule has 4 nitrogen and oxygen atoms in total. The molecule has 1 saturated carbocycles. The van der Waals surface area contributed by atoms with Crippen molar-refractivity contribution in [2.75, 3.05) is 0 Å². The summed E-state index contributed by atoms with van der Waals surface area (Å²) in [7, 11) is 1.95. The van der Waals surface area contributed by atoms with E-state index < -0.39 is 0 Å². The van der Waals surface area contributed by atoms with Crippen molar-refractivity contribution < 1.29 is 0 Å². The van der Waals surface area contributed by atoms with Gasteiger partial charge < -0.3 is 4.57 Å². The molecule has 1 aliphatic rings. The highest BCUT2D eigenvalue weighted by atomic mass is 32.1. The number of hydrogen-bond acceptors (Lipinski definition) is 4. The average molecular weight is 294 g/mol. The SMILES string of the molecule is Cn1c(-c2sc(C(C)(C)C)nc2C2CC2)n[nH]c1=S. The van der Waals surface area contributed by atoms with E-state index in [4.69, 9.17) is 17.2 Å². The van der Waals surface area contributed by atoms with E-state index in [2.05, 4.69) is 31.0 Å². The highest BCUT2D eigenvalue weighted by Gasteiger charge is 2.33. The van der Waals surface area contributed by atoms with E-state index in [9.17, 15) is 0 Å². The van der Waals surface area contributed by atoms with Gasteiger partial charge in [-0.15, -0.1) is 11.3 Å². The number of rotatable bonds is 2. The molecular weight excluding hydrogens is 276 g/mol. The summed E-state index contributed by atoms with van der Waals surface area (Å²) in [5.41, 5.74) is 1.30. The van der Waals surface area contributed by atoms with Crippen molar-refractivity contribution in [2.45, 2.75) is 44.9 Å². The maximum atomic E-state index is 5.21. The maximum Gasteiger partial charge on any atom is 0.195 e. The quantitative estimate of drug-likeness (QED) is 0.857. The molecule has 2 aromatic heterocycles. The van der Waals surface area contributed by atoms with Gasteiger partial charge in [-0.05, 0) is 25.1 Å². The third-order valence-electron chi connectivity index (χ3n) is 3.34. The lowest BCUT2D eigenvalue weighted by Gasteiger charge is -2.13. The number of aromatic nitrogens is 4. The molecule has 0 unspecified atom stereocenters. The lowest BCUT2D eigenvalue weighted by atomic mass is 9.98. The minimum atomic E-state index is 0.0816. The maximum absolute atomic E-state index is 5.21. The summed E-state index contributed by atoms with van der Waals surface area (Å²) in [4.78, 5) is 6.07. The lowest BCUT2D eigenvalue weighted by Crippen LogP contribution is -2.10. The number of H-pyrrole nitrogens is 1. The summed E-state index contributed by atoms with van der Waals surface area (Å²) in [5.74, 6) is 1.53. The molecule has 0 saturated heterocycles. The van der Waals surface area contributed by atoms with E-state index in [1.807, 2.05) is 11.6 Å². The fraction of sp³-hybridized carbons (Fsp3) is 0.615. The second-order valence-electron chi connectivity index (χ2n) is 6.17. The summed E-state index contributed by atoms with van der Waals surface area (Å²) in [6.07, 6.45) is 2.49. The highest BCUT2D eigenvalue weighted by Crippen LogP contribution is 2.47. The largest absolute Gasteiger partial charge is 0.303 e. The second-order valence-corrected chi connectivity index (χ2v) is 7.55. The molecule has 2 heterocycles. The fourth-order valence-electron chi connectivity index (χ4n) is 2.00. The van der Waals surface area contributed by atoms with Crippen LogP contribution in [0, 0.1) is 4.77 Å². The van der Waals surface area contributed by atoms with E-state index in [1.165, 1.54) is 28.4 Å². The number of aromatic amines is 1. The molecule has 0 spiro atoms. The van der Waals surface area contributed by atoms with Crippen molar-refractivity contribution >= 4 is 23.6 Å². The van der Waals surface area contributed by atoms with Gasteiger partial charge in [0.25, 0.3) is 0 Å². The van der Waals surface area contributed by atoms with Crippen molar-refractivity contribution in [1.82, 2.24) is 19.7 Å². The predicted octanol–water partition coefficient (Wildman–Crippen LogP) is 3.78. The van der Waals surface area contributed by atoms with Crippen LogP contribution in [0.5, 0.6) is 0 Å². The van der Waals surface area contributed by atoms with Gasteiger partial charge in [-0.1, -0.05) is 20.8 Å². The van der Waals surface area contributed by atoms with Crippen LogP contribution in [-0.4, -0.2) is 19.7 Å². The molecule has 0 radical (unpaired) electrons. The van der Waals surface area contributed by atoms with Crippen molar-refractivity contribution in [1.29, 1.82) is 0 Å². The Morgan fingerprint density at radius 1 is 1.37 bits per heavy atom. The molecule has 3 rings (SSSR count). The molecule has 19 heavy (non-hydrogen) atoms. The van der Waals surface area contributed by atoms with E-state index >= 15 is 0 Å². The number of nitrogens with one attached hydrogen (secondary N) is 1. The van der Waals surface area contributed by atoms with Crippen LogP contribution in [0.3, 0.4) is 0 Å². The second kappa shape index (κ2) is 4.24. The number of nitrogens with zero attached hydrogens (tertiary/aromatic N) is 3. The van der Waals surface area contributed by atoms with Crippen LogP contribution in [-0.2, 0) is 12.5 Å². The zero-order valence-electron chi connectivity index (χ0n) is 11.6. The summed E-state index contributed by atoms with van der Waals surface area (Å²) >= 11 is 6.96. The third kappa shape index (κ3) is 2.27. The van der Waals surface area contributed by atoms with Gasteiger partial charge in [-0.25, -0.2) is 4.98 Å². The molecule has 0 aliphatic heterocycles. The molecule has 1 fully saturated rings. The van der Waals surface area contributed by atoms with Gasteiger partial charge in [-0.3, -0.25) is 5.10 Å². The fourth-order valence-corrected chi connectivity index (χ4v) is 3.36. The minimum absolute atomic E-state index is 0.0816. The van der Waals surface area contributed by atoms with Crippen LogP contribution in [0.2, 0.25) is 0 Å². The lowest BCUT2D eigenvalue weighted by molar-refractivity contribution is 0.583. The first-order valence-electron chi connectivity index (χ1n) is 6.51. The van der Waals surface area contributed by atoms with Gasteiger partial charge in [0.1, 0.15) is 0 Å². The molecule has 6 heteroatoms. The molecule has 0 aromatic carbocycles. The zero-order valence-corrected chi connectivity index (χ0v) is 13.3. The van der Waals surface area contributed by atoms with Gasteiger partial charge in [0.15, 0.2) is 10.6 Å². The summed E-state index contributed by atoms with van der Waals surface area (Å²) in [6, 6.07) is 0. The number of hydrogen-bond donors (Lipinski definition) is 1. The minimum Gasteiger partial charge on any atom is -0.303 e. The first kappa shape index (κ1) is 13.0. The number of thiazole rings is 1. The summed E-state index contributed by atoms with van der Waals surface area (Å²) < 4.78 is 2.59. The van der Waals surface area contributed by atoms with Crippen molar-refractivity contribution in [3.05, 3.63) is 15.5 Å². The Bertz CT molecular complexity index is 668. The Kier molecular flexibility index (Phi) is 2.90. The zero-order chi connectivity index (χ0) is 13.8. The highest BCUT2D eigenvalue weighted by molar-refractivity contribution is 7.71. The first-order valence-corrected chi connectivity index (χ1v) is 7.73. The van der Waals surface area contributed by atoms with E-state index in [0.717, 1.165) is 5.82 Å². The molecule has 0 bridgehead atoms. The van der Waals surface area contributed by atoms with Crippen molar-refractivity contribution in [3.8, 4) is 10.7 Å². The van der Waals surface area contributed by atoms with E-state index in [-0.39, 0.29) is 5.41 Å². The Morgan fingerprint density at radius 2 is 2.05 bits per heavy atom. The van der Waals surface area contributed by atoms with Gasteiger partial charge in [0, 0.05) is 18.4 Å². The van der Waals surface area contributed by atoms with Crippen LogP contribution in [0.25, 0.3) is 10.7 Å². The van der Waals surface area contributed by atoms with Crippen molar-refractivity contribution in [3.63, 3.8) is 0 Å². The van der Waals surface area contributed by atoms with Gasteiger partial charge in [0.05, 0.1) is 15.6 Å². The molecule has 1 N–H and O–H groups in total. The topological polar surface area (TPSA) is 46.5 Å². The van der Waals surface area contributed by atoms with Crippen LogP contribution < -0.4 is 0 Å². The Morgan fingerprint density at radius 3 is 2.53 bits per heavy atom. The Balaban J connectivity index is 2.17. The molecule has 102 valence electrons. The molecule has 0 amide bonds. The summed E-state index contributed by atoms with van der Waals surface area (Å²) in [5, 5.41) is 8.41. The van der Waals surface area contributed by atoms with E-state index in [1.54, 1.807) is 11.3 Å². The monoisotopic (exact) mass is 294 g/mol. The molecule has 2 aromatic rings. The van der Waals surface area contributed by atoms with Crippen LogP contribution in [0.4, 0.5) is 0 Å². The predicted molar refractivity (Wildman–Crippen MR) is 80.2 cm³/mol. The average Bonchev–Trinajstić information content (AvgIpc) is 2.98.